The molecular formula is C27H30N6O4. The molecule has 1 aliphatic heterocycles. The minimum atomic E-state index is -0.336. The zero-order valence-electron chi connectivity index (χ0n) is 21.0. The first-order chi connectivity index (χ1) is 17.7. The standard InChI is InChI=1S/C27H30N6O4/c1-17(37-18(2)34)4-5-19-6-8-20(9-7-19)27(36)33-11-10-23(16-33)31-26(35)24-12-21(13-29-25(24)28)22-14-30-32(3)15-22/h4-9,12-15,17,23H,10-11,16H2,1-3H3,(H2,28,29)(H,31,35)/b5-4+/t17?,23-/m1/s1. The molecule has 0 bridgehead atoms. The van der Waals surface area contributed by atoms with E-state index < -0.39 is 0 Å². The molecule has 1 fully saturated rings. The fourth-order valence-electron chi connectivity index (χ4n) is 4.18. The lowest BCUT2D eigenvalue weighted by molar-refractivity contribution is -0.143. The van der Waals surface area contributed by atoms with Crippen LogP contribution in [0.2, 0.25) is 0 Å². The van der Waals surface area contributed by atoms with Gasteiger partial charge in [0.05, 0.1) is 11.8 Å². The number of amides is 2. The van der Waals surface area contributed by atoms with E-state index in [-0.39, 0.29) is 41.3 Å². The molecule has 10 nitrogen and oxygen atoms in total. The number of nitrogens with two attached hydrogens (primary N) is 1. The van der Waals surface area contributed by atoms with Crippen molar-refractivity contribution in [2.75, 3.05) is 18.8 Å². The Bertz CT molecular complexity index is 1330. The second-order valence-corrected chi connectivity index (χ2v) is 9.07. The first kappa shape index (κ1) is 25.6. The van der Waals surface area contributed by atoms with Crippen molar-refractivity contribution in [2.45, 2.75) is 32.4 Å². The first-order valence-corrected chi connectivity index (χ1v) is 12.0. The average Bonchev–Trinajstić information content (AvgIpc) is 3.51. The fourth-order valence-corrected chi connectivity index (χ4v) is 4.18. The number of nitrogen functional groups attached to an aromatic ring is 1. The summed E-state index contributed by atoms with van der Waals surface area (Å²) in [5.41, 5.74) is 9.31. The largest absolute Gasteiger partial charge is 0.459 e. The fraction of sp³-hybridized carbons (Fsp3) is 0.296. The molecule has 37 heavy (non-hydrogen) atoms. The summed E-state index contributed by atoms with van der Waals surface area (Å²) in [6.07, 6.45) is 9.07. The van der Waals surface area contributed by atoms with Crippen LogP contribution in [0.1, 0.15) is 46.5 Å². The molecule has 3 heterocycles. The number of aromatic nitrogens is 3. The Morgan fingerprint density at radius 2 is 1.95 bits per heavy atom. The number of esters is 1. The highest BCUT2D eigenvalue weighted by atomic mass is 16.5. The quantitative estimate of drug-likeness (QED) is 0.475. The molecular weight excluding hydrogens is 472 g/mol. The van der Waals surface area contributed by atoms with Crippen molar-refractivity contribution in [1.29, 1.82) is 0 Å². The van der Waals surface area contributed by atoms with Gasteiger partial charge in [-0.15, -0.1) is 0 Å². The molecule has 192 valence electrons. The van der Waals surface area contributed by atoms with Crippen LogP contribution in [0, 0.1) is 0 Å². The van der Waals surface area contributed by atoms with Crippen LogP contribution < -0.4 is 11.1 Å². The Balaban J connectivity index is 1.35. The third kappa shape index (κ3) is 6.40. The number of anilines is 1. The van der Waals surface area contributed by atoms with E-state index in [1.54, 1.807) is 53.2 Å². The maximum atomic E-state index is 13.0. The van der Waals surface area contributed by atoms with Crippen molar-refractivity contribution >= 4 is 29.7 Å². The molecule has 2 atom stereocenters. The molecule has 1 aliphatic rings. The van der Waals surface area contributed by atoms with Crippen molar-refractivity contribution in [2.24, 2.45) is 7.05 Å². The Labute approximate surface area is 215 Å². The third-order valence-corrected chi connectivity index (χ3v) is 6.08. The minimum absolute atomic E-state index is 0.0969. The second kappa shape index (κ2) is 11.1. The second-order valence-electron chi connectivity index (χ2n) is 9.07. The number of benzene rings is 1. The van der Waals surface area contributed by atoms with Crippen LogP contribution in [0.3, 0.4) is 0 Å². The van der Waals surface area contributed by atoms with E-state index in [4.69, 9.17) is 10.5 Å². The normalized spacial score (nSPS) is 16.1. The minimum Gasteiger partial charge on any atom is -0.459 e. The number of rotatable bonds is 7. The van der Waals surface area contributed by atoms with Crippen molar-refractivity contribution in [3.8, 4) is 11.1 Å². The molecule has 0 radical (unpaired) electrons. The van der Waals surface area contributed by atoms with E-state index in [2.05, 4.69) is 15.4 Å². The summed E-state index contributed by atoms with van der Waals surface area (Å²) >= 11 is 0. The summed E-state index contributed by atoms with van der Waals surface area (Å²) in [7, 11) is 1.81. The van der Waals surface area contributed by atoms with Gasteiger partial charge in [0.15, 0.2) is 0 Å². The lowest BCUT2D eigenvalue weighted by atomic mass is 10.1. The number of nitrogens with zero attached hydrogens (tertiary/aromatic N) is 4. The highest BCUT2D eigenvalue weighted by Crippen LogP contribution is 2.22. The number of pyridine rings is 1. The molecule has 0 saturated carbocycles. The predicted octanol–water partition coefficient (Wildman–Crippen LogP) is 2.67. The van der Waals surface area contributed by atoms with E-state index in [0.29, 0.717) is 25.1 Å². The number of aryl methyl sites for hydroxylation is 1. The summed E-state index contributed by atoms with van der Waals surface area (Å²) in [6.45, 7) is 4.09. The summed E-state index contributed by atoms with van der Waals surface area (Å²) in [5, 5.41) is 7.14. The summed E-state index contributed by atoms with van der Waals surface area (Å²) in [4.78, 5) is 42.9. The predicted molar refractivity (Wildman–Crippen MR) is 139 cm³/mol. The van der Waals surface area contributed by atoms with Crippen LogP contribution in [-0.4, -0.2) is 62.7 Å². The number of hydrogen-bond donors (Lipinski definition) is 2. The number of nitrogens with one attached hydrogen (secondary N) is 1. The van der Waals surface area contributed by atoms with E-state index in [0.717, 1.165) is 16.7 Å². The molecule has 2 aromatic heterocycles. The van der Waals surface area contributed by atoms with Crippen molar-refractivity contribution in [1.82, 2.24) is 25.0 Å². The Morgan fingerprint density at radius 3 is 2.62 bits per heavy atom. The molecule has 0 spiro atoms. The van der Waals surface area contributed by atoms with E-state index in [9.17, 15) is 14.4 Å². The highest BCUT2D eigenvalue weighted by molar-refractivity contribution is 6.00. The number of ether oxygens (including phenoxy) is 1. The van der Waals surface area contributed by atoms with E-state index >= 15 is 0 Å². The smallest absolute Gasteiger partial charge is 0.303 e. The Hall–Kier alpha value is -4.47. The van der Waals surface area contributed by atoms with Crippen LogP contribution in [0.5, 0.6) is 0 Å². The van der Waals surface area contributed by atoms with Gasteiger partial charge in [-0.05, 0) is 43.2 Å². The van der Waals surface area contributed by atoms with Gasteiger partial charge >= 0.3 is 5.97 Å². The lowest BCUT2D eigenvalue weighted by Gasteiger charge is -2.18. The van der Waals surface area contributed by atoms with Gasteiger partial charge < -0.3 is 20.7 Å². The van der Waals surface area contributed by atoms with Gasteiger partial charge in [0.1, 0.15) is 11.9 Å². The summed E-state index contributed by atoms with van der Waals surface area (Å²) in [6, 6.07) is 8.72. The summed E-state index contributed by atoms with van der Waals surface area (Å²) < 4.78 is 6.74. The highest BCUT2D eigenvalue weighted by Gasteiger charge is 2.29. The van der Waals surface area contributed by atoms with Crippen molar-refractivity contribution in [3.63, 3.8) is 0 Å². The molecule has 0 aliphatic carbocycles. The number of likely N-dealkylation sites (tertiary alicyclic amines) is 1. The van der Waals surface area contributed by atoms with Gasteiger partial charge in [0, 0.05) is 62.2 Å². The van der Waals surface area contributed by atoms with E-state index in [1.165, 1.54) is 6.92 Å². The van der Waals surface area contributed by atoms with Gasteiger partial charge in [-0.3, -0.25) is 19.1 Å². The van der Waals surface area contributed by atoms with E-state index in [1.807, 2.05) is 31.5 Å². The van der Waals surface area contributed by atoms with Gasteiger partial charge in [0.25, 0.3) is 11.8 Å². The van der Waals surface area contributed by atoms with Gasteiger partial charge in [0.2, 0.25) is 0 Å². The molecule has 2 amide bonds. The van der Waals surface area contributed by atoms with Gasteiger partial charge in [-0.2, -0.15) is 5.10 Å². The monoisotopic (exact) mass is 502 g/mol. The molecule has 4 rings (SSSR count). The van der Waals surface area contributed by atoms with Crippen LogP contribution >= 0.6 is 0 Å². The maximum absolute atomic E-state index is 13.0. The molecule has 1 aromatic carbocycles. The maximum Gasteiger partial charge on any atom is 0.303 e. The average molecular weight is 503 g/mol. The Kier molecular flexibility index (Phi) is 7.66. The summed E-state index contributed by atoms with van der Waals surface area (Å²) in [5.74, 6) is -0.612. The SMILES string of the molecule is CC(=O)OC(C)/C=C/c1ccc(C(=O)N2CC[C@@H](NC(=O)c3cc(-c4cnn(C)c4)cnc3N)C2)cc1. The molecule has 3 N–H and O–H groups in total. The Morgan fingerprint density at radius 1 is 1.19 bits per heavy atom. The van der Waals surface area contributed by atoms with Crippen molar-refractivity contribution < 1.29 is 19.1 Å². The van der Waals surface area contributed by atoms with Crippen LogP contribution in [0.15, 0.2) is 55.0 Å². The topological polar surface area (TPSA) is 132 Å². The zero-order chi connectivity index (χ0) is 26.5. The van der Waals surface area contributed by atoms with Crippen LogP contribution in [0.4, 0.5) is 5.82 Å². The molecule has 3 aromatic rings. The first-order valence-electron chi connectivity index (χ1n) is 12.0. The number of hydrogen-bond acceptors (Lipinski definition) is 7. The molecule has 10 heteroatoms. The molecule has 1 unspecified atom stereocenters. The van der Waals surface area contributed by atoms with Gasteiger partial charge in [-0.25, -0.2) is 4.98 Å². The third-order valence-electron chi connectivity index (χ3n) is 6.08. The van der Waals surface area contributed by atoms with Crippen LogP contribution in [0.25, 0.3) is 17.2 Å². The van der Waals surface area contributed by atoms with Gasteiger partial charge in [-0.1, -0.05) is 18.2 Å². The zero-order valence-corrected chi connectivity index (χ0v) is 21.0. The number of carbonyl (C=O) groups is 3. The molecule has 1 saturated heterocycles. The van der Waals surface area contributed by atoms with Crippen LogP contribution in [-0.2, 0) is 16.6 Å². The number of carbonyl (C=O) groups excluding carboxylic acids is 3. The van der Waals surface area contributed by atoms with Crippen molar-refractivity contribution in [3.05, 3.63) is 71.7 Å². The lowest BCUT2D eigenvalue weighted by Crippen LogP contribution is -2.38.